The zero-order chi connectivity index (χ0) is 19.6. The highest BCUT2D eigenvalue weighted by Crippen LogP contribution is 2.28. The van der Waals surface area contributed by atoms with E-state index in [9.17, 15) is 4.79 Å². The van der Waals surface area contributed by atoms with Gasteiger partial charge in [0.15, 0.2) is 11.5 Å². The van der Waals surface area contributed by atoms with Gasteiger partial charge in [0.25, 0.3) is 5.91 Å². The molecule has 1 aliphatic rings. The molecule has 1 heterocycles. The Morgan fingerprint density at radius 3 is 2.63 bits per heavy atom. The Bertz CT molecular complexity index is 586. The minimum atomic E-state index is -0.0904. The smallest absolute Gasteiger partial charge is 0.251 e. The van der Waals surface area contributed by atoms with E-state index in [0.717, 1.165) is 39.1 Å². The first kappa shape index (κ1) is 21.5. The minimum Gasteiger partial charge on any atom is -0.493 e. The molecule has 1 fully saturated rings. The molecule has 0 aromatic heterocycles. The van der Waals surface area contributed by atoms with Gasteiger partial charge in [0.1, 0.15) is 0 Å². The summed E-state index contributed by atoms with van der Waals surface area (Å²) in [6.07, 6.45) is 2.06. The lowest BCUT2D eigenvalue weighted by molar-refractivity contribution is 0.00672. The fraction of sp³-hybridized carbons (Fsp3) is 0.667. The van der Waals surface area contributed by atoms with E-state index in [1.54, 1.807) is 19.2 Å². The maximum absolute atomic E-state index is 12.6. The van der Waals surface area contributed by atoms with Crippen LogP contribution in [0.5, 0.6) is 11.5 Å². The van der Waals surface area contributed by atoms with Gasteiger partial charge in [-0.05, 0) is 30.5 Å². The summed E-state index contributed by atoms with van der Waals surface area (Å²) >= 11 is 0. The summed E-state index contributed by atoms with van der Waals surface area (Å²) in [7, 11) is 1.59. The third-order valence-electron chi connectivity index (χ3n) is 4.94. The second-order valence-corrected chi connectivity index (χ2v) is 7.24. The van der Waals surface area contributed by atoms with Crippen LogP contribution >= 0.6 is 0 Å². The Balaban J connectivity index is 1.97. The number of nitrogens with zero attached hydrogens (tertiary/aromatic N) is 1. The molecule has 0 saturated carbocycles. The lowest BCUT2D eigenvalue weighted by Gasteiger charge is -2.36. The molecular formula is C21H34N2O4. The monoisotopic (exact) mass is 378 g/mol. The van der Waals surface area contributed by atoms with Crippen molar-refractivity contribution >= 4 is 5.91 Å². The molecule has 1 unspecified atom stereocenters. The third-order valence-corrected chi connectivity index (χ3v) is 4.94. The van der Waals surface area contributed by atoms with Crippen LogP contribution in [0.4, 0.5) is 0 Å². The highest BCUT2D eigenvalue weighted by molar-refractivity contribution is 5.94. The molecule has 2 rings (SSSR count). The van der Waals surface area contributed by atoms with Gasteiger partial charge >= 0.3 is 0 Å². The molecule has 1 aromatic carbocycles. The van der Waals surface area contributed by atoms with Crippen molar-refractivity contribution in [2.75, 3.05) is 46.6 Å². The largest absolute Gasteiger partial charge is 0.493 e. The average molecular weight is 379 g/mol. The quantitative estimate of drug-likeness (QED) is 0.634. The van der Waals surface area contributed by atoms with Gasteiger partial charge in [-0.25, -0.2) is 0 Å². The van der Waals surface area contributed by atoms with Crippen molar-refractivity contribution in [2.45, 2.75) is 39.7 Å². The van der Waals surface area contributed by atoms with Gasteiger partial charge in [0.05, 0.1) is 26.9 Å². The van der Waals surface area contributed by atoms with Crippen LogP contribution in [0.3, 0.4) is 0 Å². The SMILES string of the molecule is CCCCOc1ccc(C(=O)NCC(C(C)C)N2CCOCC2)cc1OC. The molecular weight excluding hydrogens is 344 g/mol. The van der Waals surface area contributed by atoms with E-state index in [1.165, 1.54) is 0 Å². The number of benzene rings is 1. The third kappa shape index (κ3) is 6.40. The summed E-state index contributed by atoms with van der Waals surface area (Å²) < 4.78 is 16.6. The minimum absolute atomic E-state index is 0.0904. The van der Waals surface area contributed by atoms with Gasteiger partial charge in [0, 0.05) is 31.2 Å². The predicted octanol–water partition coefficient (Wildman–Crippen LogP) is 2.96. The fourth-order valence-electron chi connectivity index (χ4n) is 3.25. The molecule has 1 aromatic rings. The Labute approximate surface area is 163 Å². The van der Waals surface area contributed by atoms with Gasteiger partial charge in [-0.2, -0.15) is 0 Å². The number of carbonyl (C=O) groups is 1. The number of amides is 1. The number of rotatable bonds is 10. The highest BCUT2D eigenvalue weighted by atomic mass is 16.5. The molecule has 152 valence electrons. The van der Waals surface area contributed by atoms with Crippen LogP contribution in [0.25, 0.3) is 0 Å². The van der Waals surface area contributed by atoms with Crippen LogP contribution in [0.15, 0.2) is 18.2 Å². The molecule has 6 heteroatoms. The van der Waals surface area contributed by atoms with Crippen molar-refractivity contribution in [3.8, 4) is 11.5 Å². The van der Waals surface area contributed by atoms with Crippen molar-refractivity contribution in [1.29, 1.82) is 0 Å². The fourth-order valence-corrected chi connectivity index (χ4v) is 3.25. The lowest BCUT2D eigenvalue weighted by Crippen LogP contribution is -2.51. The maximum Gasteiger partial charge on any atom is 0.251 e. The summed E-state index contributed by atoms with van der Waals surface area (Å²) in [5.41, 5.74) is 0.583. The van der Waals surface area contributed by atoms with Gasteiger partial charge in [-0.1, -0.05) is 27.2 Å². The van der Waals surface area contributed by atoms with E-state index in [1.807, 2.05) is 6.07 Å². The van der Waals surface area contributed by atoms with Crippen molar-refractivity contribution in [2.24, 2.45) is 5.92 Å². The molecule has 0 radical (unpaired) electrons. The molecule has 27 heavy (non-hydrogen) atoms. The summed E-state index contributed by atoms with van der Waals surface area (Å²) in [4.78, 5) is 15.0. The first-order chi connectivity index (χ1) is 13.1. The molecule has 1 N–H and O–H groups in total. The molecule has 6 nitrogen and oxygen atoms in total. The Morgan fingerprint density at radius 1 is 1.26 bits per heavy atom. The summed E-state index contributed by atoms with van der Waals surface area (Å²) in [5, 5.41) is 3.08. The molecule has 1 atom stereocenters. The normalized spacial score (nSPS) is 16.2. The predicted molar refractivity (Wildman–Crippen MR) is 107 cm³/mol. The number of unbranched alkanes of at least 4 members (excludes halogenated alkanes) is 1. The first-order valence-corrected chi connectivity index (χ1v) is 9.97. The van der Waals surface area contributed by atoms with Crippen molar-refractivity contribution in [3.63, 3.8) is 0 Å². The van der Waals surface area contributed by atoms with Gasteiger partial charge in [-0.15, -0.1) is 0 Å². The van der Waals surface area contributed by atoms with Crippen molar-refractivity contribution < 1.29 is 19.0 Å². The lowest BCUT2D eigenvalue weighted by atomic mass is 10.0. The number of nitrogens with one attached hydrogen (secondary N) is 1. The number of carbonyl (C=O) groups excluding carboxylic acids is 1. The molecule has 1 saturated heterocycles. The summed E-state index contributed by atoms with van der Waals surface area (Å²) in [5.74, 6) is 1.63. The molecule has 0 aliphatic carbocycles. The van der Waals surface area contributed by atoms with Crippen molar-refractivity contribution in [1.82, 2.24) is 10.2 Å². The second kappa shape index (κ2) is 11.1. The molecule has 1 aliphatic heterocycles. The van der Waals surface area contributed by atoms with E-state index in [-0.39, 0.29) is 5.91 Å². The van der Waals surface area contributed by atoms with E-state index in [2.05, 4.69) is 31.0 Å². The maximum atomic E-state index is 12.6. The number of morpholine rings is 1. The molecule has 1 amide bonds. The number of hydrogen-bond acceptors (Lipinski definition) is 5. The standard InChI is InChI=1S/C21H34N2O4/c1-5-6-11-27-19-8-7-17(14-20(19)25-4)21(24)22-15-18(16(2)3)23-9-12-26-13-10-23/h7-8,14,16,18H,5-6,9-13,15H2,1-4H3,(H,22,24). The van der Waals surface area contributed by atoms with Gasteiger partial charge in [-0.3, -0.25) is 9.69 Å². The molecule has 0 bridgehead atoms. The number of hydrogen-bond donors (Lipinski definition) is 1. The highest BCUT2D eigenvalue weighted by Gasteiger charge is 2.24. The van der Waals surface area contributed by atoms with Crippen LogP contribution in [0, 0.1) is 5.92 Å². The van der Waals surface area contributed by atoms with E-state index in [4.69, 9.17) is 14.2 Å². The number of ether oxygens (including phenoxy) is 3. The Kier molecular flexibility index (Phi) is 8.88. The summed E-state index contributed by atoms with van der Waals surface area (Å²) in [6.45, 7) is 11.1. The summed E-state index contributed by atoms with van der Waals surface area (Å²) in [6, 6.07) is 5.65. The van der Waals surface area contributed by atoms with Crippen molar-refractivity contribution in [3.05, 3.63) is 23.8 Å². The van der Waals surface area contributed by atoms with Gasteiger partial charge < -0.3 is 19.5 Å². The van der Waals surface area contributed by atoms with Gasteiger partial charge in [0.2, 0.25) is 0 Å². The van der Waals surface area contributed by atoms with E-state index in [0.29, 0.717) is 42.2 Å². The second-order valence-electron chi connectivity index (χ2n) is 7.24. The van der Waals surface area contributed by atoms with E-state index >= 15 is 0 Å². The first-order valence-electron chi connectivity index (χ1n) is 9.97. The zero-order valence-corrected chi connectivity index (χ0v) is 17.1. The zero-order valence-electron chi connectivity index (χ0n) is 17.1. The van der Waals surface area contributed by atoms with Crippen LogP contribution in [-0.2, 0) is 4.74 Å². The van der Waals surface area contributed by atoms with Crippen LogP contribution in [-0.4, -0.2) is 63.4 Å². The van der Waals surface area contributed by atoms with Crippen LogP contribution < -0.4 is 14.8 Å². The Hall–Kier alpha value is -1.79. The van der Waals surface area contributed by atoms with Crippen LogP contribution in [0.1, 0.15) is 44.0 Å². The topological polar surface area (TPSA) is 60.0 Å². The van der Waals surface area contributed by atoms with E-state index < -0.39 is 0 Å². The Morgan fingerprint density at radius 2 is 2.00 bits per heavy atom. The average Bonchev–Trinajstić information content (AvgIpc) is 2.69. The number of methoxy groups -OCH3 is 1. The van der Waals surface area contributed by atoms with Crippen LogP contribution in [0.2, 0.25) is 0 Å². The molecule has 0 spiro atoms.